The summed E-state index contributed by atoms with van der Waals surface area (Å²) in [6.07, 6.45) is -5.46. The van der Waals surface area contributed by atoms with Crippen molar-refractivity contribution in [3.63, 3.8) is 0 Å². The monoisotopic (exact) mass is 549 g/mol. The van der Waals surface area contributed by atoms with Gasteiger partial charge in [-0.05, 0) is 65.2 Å². The molecule has 204 valence electrons. The van der Waals surface area contributed by atoms with E-state index in [0.717, 1.165) is 28.4 Å². The molecule has 0 unspecified atom stereocenters. The van der Waals surface area contributed by atoms with E-state index < -0.39 is 29.5 Å². The Bertz CT molecular complexity index is 1290. The first-order chi connectivity index (χ1) is 17.7. The van der Waals surface area contributed by atoms with Gasteiger partial charge in [0.15, 0.2) is 5.13 Å². The van der Waals surface area contributed by atoms with Gasteiger partial charge in [-0.1, -0.05) is 18.2 Å². The van der Waals surface area contributed by atoms with Crippen LogP contribution >= 0.6 is 11.3 Å². The molecule has 0 aliphatic carbocycles. The average Bonchev–Trinajstić information content (AvgIpc) is 3.27. The number of rotatable bonds is 7. The average molecular weight is 550 g/mol. The second-order valence-corrected chi connectivity index (χ2v) is 10.6. The van der Waals surface area contributed by atoms with Crippen LogP contribution in [0.1, 0.15) is 26.3 Å². The van der Waals surface area contributed by atoms with Crippen LogP contribution in [0.2, 0.25) is 0 Å². The number of urea groups is 1. The molecule has 2 aromatic carbocycles. The molecule has 0 radical (unpaired) electrons. The Hall–Kier alpha value is -3.64. The predicted molar refractivity (Wildman–Crippen MR) is 143 cm³/mol. The summed E-state index contributed by atoms with van der Waals surface area (Å²) in [5.74, 6) is 0. The van der Waals surface area contributed by atoms with Gasteiger partial charge in [-0.25, -0.2) is 19.5 Å². The Balaban J connectivity index is 2.02. The topological polar surface area (TPSA) is 92.0 Å². The van der Waals surface area contributed by atoms with Gasteiger partial charge in [-0.2, -0.15) is 13.2 Å². The highest BCUT2D eigenvalue weighted by molar-refractivity contribution is 7.14. The van der Waals surface area contributed by atoms with Crippen molar-refractivity contribution in [2.75, 3.05) is 37.0 Å². The van der Waals surface area contributed by atoms with Crippen molar-refractivity contribution in [2.45, 2.75) is 32.5 Å². The molecule has 0 bridgehead atoms. The van der Waals surface area contributed by atoms with Crippen LogP contribution in [0.25, 0.3) is 11.3 Å². The van der Waals surface area contributed by atoms with Crippen LogP contribution in [0.4, 0.5) is 39.3 Å². The van der Waals surface area contributed by atoms with Gasteiger partial charge in [0.1, 0.15) is 5.60 Å². The maximum absolute atomic E-state index is 13.4. The molecule has 0 fully saturated rings. The number of hydrogen-bond acceptors (Lipinski definition) is 6. The number of nitrogens with zero attached hydrogens (tertiary/aromatic N) is 4. The van der Waals surface area contributed by atoms with Gasteiger partial charge in [-0.3, -0.25) is 4.90 Å². The number of primary amides is 1. The quantitative estimate of drug-likeness (QED) is 0.371. The summed E-state index contributed by atoms with van der Waals surface area (Å²) in [6.45, 7) is 5.95. The van der Waals surface area contributed by atoms with Crippen LogP contribution in [-0.2, 0) is 10.9 Å². The lowest BCUT2D eigenvalue weighted by molar-refractivity contribution is -0.137. The number of ether oxygens (including phenoxy) is 1. The highest BCUT2D eigenvalue weighted by Gasteiger charge is 2.33. The molecule has 0 aliphatic rings. The second kappa shape index (κ2) is 11.4. The molecule has 38 heavy (non-hydrogen) atoms. The van der Waals surface area contributed by atoms with Crippen molar-refractivity contribution in [3.05, 3.63) is 59.5 Å². The summed E-state index contributed by atoms with van der Waals surface area (Å²) in [5, 5.41) is 1.80. The highest BCUT2D eigenvalue weighted by atomic mass is 32.1. The molecule has 0 saturated carbocycles. The number of alkyl halides is 3. The number of likely N-dealkylation sites (N-methyl/N-ethyl adjacent to an activating group) is 1. The molecular weight excluding hydrogens is 519 g/mol. The van der Waals surface area contributed by atoms with Crippen LogP contribution in [0.5, 0.6) is 0 Å². The van der Waals surface area contributed by atoms with Crippen LogP contribution in [-0.4, -0.2) is 54.8 Å². The van der Waals surface area contributed by atoms with E-state index in [1.165, 1.54) is 17.0 Å². The van der Waals surface area contributed by atoms with Crippen molar-refractivity contribution in [3.8, 4) is 11.3 Å². The molecule has 3 rings (SSSR count). The molecule has 0 saturated heterocycles. The van der Waals surface area contributed by atoms with Crippen molar-refractivity contribution in [1.82, 2.24) is 9.88 Å². The zero-order valence-electron chi connectivity index (χ0n) is 21.7. The maximum atomic E-state index is 13.4. The van der Waals surface area contributed by atoms with Crippen molar-refractivity contribution in [1.29, 1.82) is 0 Å². The molecule has 3 aromatic rings. The summed E-state index contributed by atoms with van der Waals surface area (Å²) < 4.78 is 45.7. The molecular formula is C26H30F3N5O3S. The van der Waals surface area contributed by atoms with Gasteiger partial charge in [0.05, 0.1) is 16.9 Å². The largest absolute Gasteiger partial charge is 0.443 e. The second-order valence-electron chi connectivity index (χ2n) is 9.72. The summed E-state index contributed by atoms with van der Waals surface area (Å²) in [6, 6.07) is 10.8. The fraction of sp³-hybridized carbons (Fsp3) is 0.346. The predicted octanol–water partition coefficient (Wildman–Crippen LogP) is 6.35. The number of carbonyl (C=O) groups is 2. The number of nitrogens with two attached hydrogens (primary N) is 1. The first-order valence-corrected chi connectivity index (χ1v) is 12.5. The minimum absolute atomic E-state index is 0.0349. The minimum Gasteiger partial charge on any atom is -0.443 e. The SMILES string of the molecule is CN(C)CCN(C(N)=O)c1cccc(-c2csc(N(C(=O)OC(C)(C)C)c3cccc(C(F)(F)F)c3)n2)c1. The number of hydrogen-bond donors (Lipinski definition) is 1. The van der Waals surface area contributed by atoms with Gasteiger partial charge >= 0.3 is 18.3 Å². The number of aromatic nitrogens is 1. The first kappa shape index (κ1) is 28.9. The Morgan fingerprint density at radius 1 is 1.00 bits per heavy atom. The van der Waals surface area contributed by atoms with Gasteiger partial charge in [-0.15, -0.1) is 11.3 Å². The molecule has 1 heterocycles. The third-order valence-electron chi connectivity index (χ3n) is 5.18. The summed E-state index contributed by atoms with van der Waals surface area (Å²) in [4.78, 5) is 34.1. The Kier molecular flexibility index (Phi) is 8.68. The number of thiazole rings is 1. The van der Waals surface area contributed by atoms with E-state index in [0.29, 0.717) is 30.0 Å². The van der Waals surface area contributed by atoms with Crippen LogP contribution in [0, 0.1) is 0 Å². The summed E-state index contributed by atoms with van der Waals surface area (Å²) >= 11 is 1.07. The fourth-order valence-corrected chi connectivity index (χ4v) is 4.26. The van der Waals surface area contributed by atoms with Gasteiger partial charge < -0.3 is 15.4 Å². The van der Waals surface area contributed by atoms with Crippen molar-refractivity contribution in [2.24, 2.45) is 5.73 Å². The highest BCUT2D eigenvalue weighted by Crippen LogP contribution is 2.37. The van der Waals surface area contributed by atoms with E-state index in [9.17, 15) is 22.8 Å². The molecule has 0 atom stereocenters. The Morgan fingerprint density at radius 3 is 2.26 bits per heavy atom. The molecule has 12 heteroatoms. The minimum atomic E-state index is -4.59. The van der Waals surface area contributed by atoms with E-state index >= 15 is 0 Å². The molecule has 0 aliphatic heterocycles. The lowest BCUT2D eigenvalue weighted by atomic mass is 10.1. The number of anilines is 3. The van der Waals surface area contributed by atoms with E-state index in [1.54, 1.807) is 50.4 Å². The standard InChI is InChI=1S/C26H30F3N5O3S/c1-25(2,3)37-24(36)34(20-11-7-9-18(15-20)26(27,28)29)23-31-21(16-38-23)17-8-6-10-19(14-17)33(22(30)35)13-12-32(4)5/h6-11,14-16H,12-13H2,1-5H3,(H2,30,35). The number of halogens is 3. The number of carbonyl (C=O) groups excluding carboxylic acids is 2. The van der Waals surface area contributed by atoms with Gasteiger partial charge in [0.25, 0.3) is 0 Å². The molecule has 1 aromatic heterocycles. The smallest absolute Gasteiger partial charge is 0.421 e. The normalized spacial score (nSPS) is 11.9. The third-order valence-corrected chi connectivity index (χ3v) is 6.01. The Morgan fingerprint density at radius 2 is 1.66 bits per heavy atom. The first-order valence-electron chi connectivity index (χ1n) is 11.6. The fourth-order valence-electron chi connectivity index (χ4n) is 3.42. The van der Waals surface area contributed by atoms with Crippen LogP contribution in [0.15, 0.2) is 53.9 Å². The Labute approximate surface area is 223 Å². The lowest BCUT2D eigenvalue weighted by Gasteiger charge is -2.26. The van der Waals surface area contributed by atoms with E-state index in [-0.39, 0.29) is 10.8 Å². The van der Waals surface area contributed by atoms with Gasteiger partial charge in [0.2, 0.25) is 0 Å². The van der Waals surface area contributed by atoms with Crippen molar-refractivity contribution < 1.29 is 27.5 Å². The molecule has 8 nitrogen and oxygen atoms in total. The third kappa shape index (κ3) is 7.45. The van der Waals surface area contributed by atoms with Crippen LogP contribution < -0.4 is 15.5 Å². The van der Waals surface area contributed by atoms with E-state index in [4.69, 9.17) is 10.5 Å². The number of amides is 3. The van der Waals surface area contributed by atoms with Crippen molar-refractivity contribution >= 4 is 40.0 Å². The zero-order valence-corrected chi connectivity index (χ0v) is 22.6. The number of benzene rings is 2. The summed E-state index contributed by atoms with van der Waals surface area (Å²) in [7, 11) is 3.76. The summed E-state index contributed by atoms with van der Waals surface area (Å²) in [5.41, 5.74) is 5.42. The maximum Gasteiger partial charge on any atom is 0.421 e. The van der Waals surface area contributed by atoms with E-state index in [2.05, 4.69) is 4.98 Å². The van der Waals surface area contributed by atoms with Gasteiger partial charge in [0, 0.05) is 29.7 Å². The van der Waals surface area contributed by atoms with Crippen LogP contribution in [0.3, 0.4) is 0 Å². The molecule has 3 amide bonds. The van der Waals surface area contributed by atoms with E-state index in [1.807, 2.05) is 19.0 Å². The lowest BCUT2D eigenvalue weighted by Crippen LogP contribution is -2.40. The molecule has 2 N–H and O–H groups in total. The molecule has 0 spiro atoms. The zero-order chi connectivity index (χ0) is 28.3.